The zero-order chi connectivity index (χ0) is 17.1. The summed E-state index contributed by atoms with van der Waals surface area (Å²) in [5.41, 5.74) is -2.64. The van der Waals surface area contributed by atoms with Gasteiger partial charge in [0, 0.05) is 6.07 Å². The van der Waals surface area contributed by atoms with E-state index in [1.54, 1.807) is 0 Å². The summed E-state index contributed by atoms with van der Waals surface area (Å²) in [6.07, 6.45) is -11.6. The Hall–Kier alpha value is -2.20. The van der Waals surface area contributed by atoms with Crippen LogP contribution in [0.4, 0.5) is 26.3 Å². The highest BCUT2D eigenvalue weighted by atomic mass is 19.4. The molecule has 0 unspecified atom stereocenters. The average Bonchev–Trinajstić information content (AvgIpc) is 2.34. The van der Waals surface area contributed by atoms with Crippen molar-refractivity contribution in [3.05, 3.63) is 17.2 Å². The van der Waals surface area contributed by atoms with Crippen LogP contribution in [-0.4, -0.2) is 31.5 Å². The molecule has 0 bridgehead atoms. The van der Waals surface area contributed by atoms with Crippen LogP contribution in [-0.2, 0) is 22.1 Å². The van der Waals surface area contributed by atoms with Gasteiger partial charge in [-0.05, 0) is 5.56 Å². The maximum atomic E-state index is 13.0. The molecule has 0 saturated carbocycles. The molecule has 0 spiro atoms. The van der Waals surface area contributed by atoms with Gasteiger partial charge >= 0.3 is 18.5 Å². The van der Waals surface area contributed by atoms with E-state index in [1.165, 1.54) is 0 Å². The second-order valence-corrected chi connectivity index (χ2v) is 3.80. The lowest BCUT2D eigenvalue weighted by molar-refractivity contribution is -0.278. The highest BCUT2D eigenvalue weighted by Gasteiger charge is 2.43. The van der Waals surface area contributed by atoms with E-state index in [-0.39, 0.29) is 0 Å². The quantitative estimate of drug-likeness (QED) is 0.626. The summed E-state index contributed by atoms with van der Waals surface area (Å²) in [7, 11) is 1.90. The minimum Gasteiger partial charge on any atom is -0.481 e. The van der Waals surface area contributed by atoms with Gasteiger partial charge in [0.05, 0.1) is 20.6 Å². The molecule has 0 N–H and O–H groups in total. The first-order chi connectivity index (χ1) is 9.97. The summed E-state index contributed by atoms with van der Waals surface area (Å²) in [4.78, 5) is 14.1. The predicted octanol–water partition coefficient (Wildman–Crippen LogP) is 2.72. The number of esters is 1. The number of aromatic nitrogens is 1. The summed E-state index contributed by atoms with van der Waals surface area (Å²) in [6.45, 7) is 0. The maximum Gasteiger partial charge on any atom is 0.574 e. The van der Waals surface area contributed by atoms with Gasteiger partial charge in [-0.2, -0.15) is 18.2 Å². The highest BCUT2D eigenvalue weighted by molar-refractivity contribution is 5.73. The van der Waals surface area contributed by atoms with E-state index in [0.717, 1.165) is 14.2 Å². The van der Waals surface area contributed by atoms with Crippen LogP contribution in [0.1, 0.15) is 11.1 Å². The van der Waals surface area contributed by atoms with Gasteiger partial charge in [-0.15, -0.1) is 13.2 Å². The Bertz CT molecular complexity index is 555. The summed E-state index contributed by atoms with van der Waals surface area (Å²) in [5, 5.41) is 0. The molecule has 0 fully saturated rings. The lowest BCUT2D eigenvalue weighted by Gasteiger charge is -2.18. The van der Waals surface area contributed by atoms with Crippen LogP contribution in [0.15, 0.2) is 6.07 Å². The monoisotopic (exact) mass is 333 g/mol. The molecule has 11 heteroatoms. The normalized spacial score (nSPS) is 12.0. The fourth-order valence-electron chi connectivity index (χ4n) is 1.51. The standard InChI is InChI=1S/C11H9F6NO4/c1-20-6-3-5(4-7(19)21-2)8(10(12,13)14)9(18-6)22-11(15,16)17/h3H,4H2,1-2H3. The van der Waals surface area contributed by atoms with Gasteiger partial charge in [-0.1, -0.05) is 0 Å². The molecule has 1 rings (SSSR count). The Labute approximate surface area is 119 Å². The molecule has 1 heterocycles. The minimum atomic E-state index is -5.40. The minimum absolute atomic E-state index is 0.578. The van der Waals surface area contributed by atoms with Crippen molar-refractivity contribution >= 4 is 5.97 Å². The topological polar surface area (TPSA) is 57.7 Å². The largest absolute Gasteiger partial charge is 0.574 e. The third-order valence-electron chi connectivity index (χ3n) is 2.31. The summed E-state index contributed by atoms with van der Waals surface area (Å²) in [6, 6.07) is 0.684. The van der Waals surface area contributed by atoms with Gasteiger partial charge in [0.15, 0.2) is 0 Å². The lowest BCUT2D eigenvalue weighted by Crippen LogP contribution is -2.23. The third-order valence-corrected chi connectivity index (χ3v) is 2.31. The molecule has 0 aromatic carbocycles. The predicted molar refractivity (Wildman–Crippen MR) is 58.2 cm³/mol. The van der Waals surface area contributed by atoms with E-state index in [1.807, 2.05) is 0 Å². The summed E-state index contributed by atoms with van der Waals surface area (Å²) >= 11 is 0. The number of pyridine rings is 1. The Kier molecular flexibility index (Phi) is 5.09. The molecule has 0 radical (unpaired) electrons. The number of carbonyl (C=O) groups excluding carboxylic acids is 1. The van der Waals surface area contributed by atoms with Crippen LogP contribution < -0.4 is 9.47 Å². The van der Waals surface area contributed by atoms with Crippen molar-refractivity contribution in [2.24, 2.45) is 0 Å². The molecule has 0 atom stereocenters. The molecular weight excluding hydrogens is 324 g/mol. The van der Waals surface area contributed by atoms with E-state index in [2.05, 4.69) is 19.2 Å². The van der Waals surface area contributed by atoms with Crippen molar-refractivity contribution in [1.29, 1.82) is 0 Å². The van der Waals surface area contributed by atoms with Gasteiger partial charge in [-0.25, -0.2) is 0 Å². The van der Waals surface area contributed by atoms with E-state index in [0.29, 0.717) is 6.07 Å². The number of alkyl halides is 6. The zero-order valence-electron chi connectivity index (χ0n) is 11.1. The van der Waals surface area contributed by atoms with Crippen molar-refractivity contribution in [3.8, 4) is 11.8 Å². The molecule has 0 aliphatic carbocycles. The van der Waals surface area contributed by atoms with E-state index in [9.17, 15) is 31.1 Å². The van der Waals surface area contributed by atoms with Gasteiger partial charge < -0.3 is 14.2 Å². The van der Waals surface area contributed by atoms with Crippen LogP contribution in [0.3, 0.4) is 0 Å². The summed E-state index contributed by atoms with van der Waals surface area (Å²) in [5.74, 6) is -3.42. The molecular formula is C11H9F6NO4. The molecule has 124 valence electrons. The number of nitrogens with zero attached hydrogens (tertiary/aromatic N) is 1. The smallest absolute Gasteiger partial charge is 0.481 e. The van der Waals surface area contributed by atoms with E-state index in [4.69, 9.17) is 0 Å². The molecule has 0 aliphatic heterocycles. The number of hydrogen-bond acceptors (Lipinski definition) is 5. The number of carbonyl (C=O) groups is 1. The first-order valence-corrected chi connectivity index (χ1v) is 5.45. The van der Waals surface area contributed by atoms with Gasteiger partial charge in [-0.3, -0.25) is 4.79 Å². The maximum absolute atomic E-state index is 13.0. The first-order valence-electron chi connectivity index (χ1n) is 5.45. The first kappa shape index (κ1) is 17.9. The molecule has 1 aromatic heterocycles. The number of halogens is 6. The Morgan fingerprint density at radius 2 is 1.77 bits per heavy atom. The molecule has 0 saturated heterocycles. The third kappa shape index (κ3) is 4.67. The van der Waals surface area contributed by atoms with Crippen LogP contribution in [0.2, 0.25) is 0 Å². The Morgan fingerprint density at radius 3 is 2.18 bits per heavy atom. The zero-order valence-corrected chi connectivity index (χ0v) is 11.1. The molecule has 22 heavy (non-hydrogen) atoms. The number of hydrogen-bond donors (Lipinski definition) is 0. The fraction of sp³-hybridized carbons (Fsp3) is 0.455. The molecule has 5 nitrogen and oxygen atoms in total. The van der Waals surface area contributed by atoms with Crippen LogP contribution in [0.5, 0.6) is 11.8 Å². The van der Waals surface area contributed by atoms with Crippen molar-refractivity contribution < 1.29 is 45.3 Å². The molecule has 1 aromatic rings. The van der Waals surface area contributed by atoms with E-state index < -0.39 is 47.8 Å². The molecule has 0 aliphatic rings. The van der Waals surface area contributed by atoms with Crippen molar-refractivity contribution in [3.63, 3.8) is 0 Å². The second kappa shape index (κ2) is 6.28. The Morgan fingerprint density at radius 1 is 1.18 bits per heavy atom. The van der Waals surface area contributed by atoms with Gasteiger partial charge in [0.25, 0.3) is 0 Å². The number of ether oxygens (including phenoxy) is 3. The van der Waals surface area contributed by atoms with Crippen molar-refractivity contribution in [1.82, 2.24) is 4.98 Å². The molecule has 0 amide bonds. The van der Waals surface area contributed by atoms with Crippen LogP contribution in [0.25, 0.3) is 0 Å². The van der Waals surface area contributed by atoms with Crippen LogP contribution >= 0.6 is 0 Å². The summed E-state index contributed by atoms with van der Waals surface area (Å²) < 4.78 is 87.7. The number of rotatable bonds is 4. The SMILES string of the molecule is COC(=O)Cc1cc(OC)nc(OC(F)(F)F)c1C(F)(F)F. The van der Waals surface area contributed by atoms with Gasteiger partial charge in [0.2, 0.25) is 11.8 Å². The lowest BCUT2D eigenvalue weighted by atomic mass is 10.1. The number of methoxy groups -OCH3 is 2. The van der Waals surface area contributed by atoms with E-state index >= 15 is 0 Å². The second-order valence-electron chi connectivity index (χ2n) is 3.80. The average molecular weight is 333 g/mol. The van der Waals surface area contributed by atoms with Crippen molar-refractivity contribution in [2.45, 2.75) is 19.0 Å². The highest BCUT2D eigenvalue weighted by Crippen LogP contribution is 2.41. The fourth-order valence-corrected chi connectivity index (χ4v) is 1.51. The van der Waals surface area contributed by atoms with Gasteiger partial charge in [0.1, 0.15) is 5.56 Å². The van der Waals surface area contributed by atoms with Crippen molar-refractivity contribution in [2.75, 3.05) is 14.2 Å². The Balaban J connectivity index is 3.51. The van der Waals surface area contributed by atoms with Crippen LogP contribution in [0, 0.1) is 0 Å².